The first-order chi connectivity index (χ1) is 11.5. The van der Waals surface area contributed by atoms with Crippen molar-refractivity contribution in [1.82, 2.24) is 0 Å². The predicted octanol–water partition coefficient (Wildman–Crippen LogP) is 3.97. The van der Waals surface area contributed by atoms with Gasteiger partial charge in [0.15, 0.2) is 9.84 Å². The molecule has 0 saturated heterocycles. The van der Waals surface area contributed by atoms with Gasteiger partial charge in [-0.15, -0.1) is 0 Å². The normalized spacial score (nSPS) is 28.5. The SMILES string of the molecule is CC1C=C[C@@H]2c3ccccc3OC[C@]2(S(=O)(=O)c2ccccc2)C1. The molecule has 0 N–H and O–H groups in total. The smallest absolute Gasteiger partial charge is 0.188 e. The summed E-state index contributed by atoms with van der Waals surface area (Å²) in [6.07, 6.45) is 4.77. The molecule has 0 spiro atoms. The fraction of sp³-hybridized carbons (Fsp3) is 0.300. The Labute approximate surface area is 142 Å². The summed E-state index contributed by atoms with van der Waals surface area (Å²) in [5.41, 5.74) is 0.964. The van der Waals surface area contributed by atoms with Gasteiger partial charge in [0.25, 0.3) is 0 Å². The molecular formula is C20H20O3S. The van der Waals surface area contributed by atoms with Gasteiger partial charge in [0, 0.05) is 11.5 Å². The minimum atomic E-state index is -3.54. The lowest BCUT2D eigenvalue weighted by Gasteiger charge is -2.46. The molecule has 0 radical (unpaired) electrons. The van der Waals surface area contributed by atoms with Crippen molar-refractivity contribution in [1.29, 1.82) is 0 Å². The van der Waals surface area contributed by atoms with Crippen LogP contribution >= 0.6 is 0 Å². The fourth-order valence-corrected chi connectivity index (χ4v) is 6.23. The van der Waals surface area contributed by atoms with E-state index in [1.165, 1.54) is 0 Å². The number of para-hydroxylation sites is 1. The van der Waals surface area contributed by atoms with Gasteiger partial charge in [-0.2, -0.15) is 0 Å². The summed E-state index contributed by atoms with van der Waals surface area (Å²) in [6, 6.07) is 16.5. The van der Waals surface area contributed by atoms with Crippen LogP contribution in [0.4, 0.5) is 0 Å². The molecule has 4 heteroatoms. The van der Waals surface area contributed by atoms with Gasteiger partial charge in [-0.3, -0.25) is 0 Å². The molecule has 0 aromatic heterocycles. The minimum absolute atomic E-state index is 0.177. The van der Waals surface area contributed by atoms with E-state index in [1.54, 1.807) is 24.3 Å². The Morgan fingerprint density at radius 1 is 1.00 bits per heavy atom. The van der Waals surface area contributed by atoms with Crippen LogP contribution < -0.4 is 4.74 Å². The van der Waals surface area contributed by atoms with Gasteiger partial charge in [0.1, 0.15) is 17.1 Å². The molecule has 0 amide bonds. The molecule has 1 aliphatic heterocycles. The summed E-state index contributed by atoms with van der Waals surface area (Å²) in [5, 5.41) is 0. The third kappa shape index (κ3) is 2.13. The largest absolute Gasteiger partial charge is 0.492 e. The van der Waals surface area contributed by atoms with Crippen molar-refractivity contribution < 1.29 is 13.2 Å². The van der Waals surface area contributed by atoms with E-state index in [-0.39, 0.29) is 18.4 Å². The van der Waals surface area contributed by atoms with Crippen LogP contribution in [0.15, 0.2) is 71.6 Å². The number of hydrogen-bond acceptors (Lipinski definition) is 3. The van der Waals surface area contributed by atoms with E-state index in [2.05, 4.69) is 19.1 Å². The average molecular weight is 340 g/mol. The van der Waals surface area contributed by atoms with E-state index in [1.807, 2.05) is 30.3 Å². The summed E-state index contributed by atoms with van der Waals surface area (Å²) in [5.74, 6) is 0.818. The zero-order valence-electron chi connectivity index (χ0n) is 13.6. The monoisotopic (exact) mass is 340 g/mol. The Hall–Kier alpha value is -2.07. The van der Waals surface area contributed by atoms with Crippen molar-refractivity contribution in [2.45, 2.75) is 28.9 Å². The molecule has 0 fully saturated rings. The maximum absolute atomic E-state index is 13.6. The van der Waals surface area contributed by atoms with E-state index in [9.17, 15) is 8.42 Å². The van der Waals surface area contributed by atoms with Crippen LogP contribution in [-0.2, 0) is 9.84 Å². The summed E-state index contributed by atoms with van der Waals surface area (Å²) in [4.78, 5) is 0.375. The van der Waals surface area contributed by atoms with Gasteiger partial charge < -0.3 is 4.74 Å². The number of ether oxygens (including phenoxy) is 1. The predicted molar refractivity (Wildman–Crippen MR) is 94.0 cm³/mol. The van der Waals surface area contributed by atoms with E-state index in [0.29, 0.717) is 11.3 Å². The van der Waals surface area contributed by atoms with Crippen LogP contribution in [0.2, 0.25) is 0 Å². The number of benzene rings is 2. The molecule has 24 heavy (non-hydrogen) atoms. The first-order valence-electron chi connectivity index (χ1n) is 8.24. The van der Waals surface area contributed by atoms with Crippen LogP contribution in [0, 0.1) is 5.92 Å². The zero-order chi connectivity index (χ0) is 16.8. The summed E-state index contributed by atoms with van der Waals surface area (Å²) in [6.45, 7) is 2.26. The number of fused-ring (bicyclic) bond motifs is 3. The van der Waals surface area contributed by atoms with E-state index >= 15 is 0 Å². The van der Waals surface area contributed by atoms with E-state index in [4.69, 9.17) is 4.74 Å². The van der Waals surface area contributed by atoms with E-state index < -0.39 is 14.6 Å². The third-order valence-electron chi connectivity index (χ3n) is 5.18. The topological polar surface area (TPSA) is 43.4 Å². The van der Waals surface area contributed by atoms with Crippen molar-refractivity contribution >= 4 is 9.84 Å². The highest BCUT2D eigenvalue weighted by Gasteiger charge is 2.55. The van der Waals surface area contributed by atoms with Crippen molar-refractivity contribution in [2.75, 3.05) is 6.61 Å². The lowest BCUT2D eigenvalue weighted by Crippen LogP contribution is -2.53. The molecule has 3 atom stereocenters. The Kier molecular flexibility index (Phi) is 3.53. The molecule has 0 saturated carbocycles. The molecule has 3 nitrogen and oxygen atoms in total. The first-order valence-corrected chi connectivity index (χ1v) is 9.73. The van der Waals surface area contributed by atoms with Crippen molar-refractivity contribution in [2.24, 2.45) is 5.92 Å². The number of rotatable bonds is 2. The second-order valence-electron chi connectivity index (χ2n) is 6.75. The highest BCUT2D eigenvalue weighted by Crippen LogP contribution is 2.51. The molecule has 0 bridgehead atoms. The lowest BCUT2D eigenvalue weighted by molar-refractivity contribution is 0.200. The number of allylic oxidation sites excluding steroid dienone is 2. The maximum atomic E-state index is 13.6. The summed E-state index contributed by atoms with van der Waals surface area (Å²) < 4.78 is 32.2. The molecular weight excluding hydrogens is 320 g/mol. The molecule has 1 heterocycles. The second kappa shape index (κ2) is 5.49. The van der Waals surface area contributed by atoms with Gasteiger partial charge >= 0.3 is 0 Å². The van der Waals surface area contributed by atoms with Gasteiger partial charge in [0.2, 0.25) is 0 Å². The summed E-state index contributed by atoms with van der Waals surface area (Å²) in [7, 11) is -3.54. The standard InChI is InChI=1S/C20H20O3S/c1-15-11-12-18-17-9-5-6-10-19(17)23-14-20(18,13-15)24(21,22)16-7-3-2-4-8-16/h2-12,15,18H,13-14H2,1H3/t15?,18-,20-/m1/s1. The quantitative estimate of drug-likeness (QED) is 0.777. The van der Waals surface area contributed by atoms with Crippen LogP contribution in [0.25, 0.3) is 0 Å². The highest BCUT2D eigenvalue weighted by atomic mass is 32.2. The van der Waals surface area contributed by atoms with Crippen LogP contribution in [0.5, 0.6) is 5.75 Å². The second-order valence-corrected chi connectivity index (χ2v) is 9.04. The van der Waals surface area contributed by atoms with Crippen molar-refractivity contribution in [3.63, 3.8) is 0 Å². The Balaban J connectivity index is 1.93. The molecule has 2 aliphatic rings. The Morgan fingerprint density at radius 2 is 1.71 bits per heavy atom. The molecule has 2 aromatic rings. The molecule has 124 valence electrons. The van der Waals surface area contributed by atoms with Crippen LogP contribution in [-0.4, -0.2) is 19.8 Å². The Bertz CT molecular complexity index is 886. The van der Waals surface area contributed by atoms with Crippen LogP contribution in [0.1, 0.15) is 24.8 Å². The molecule has 4 rings (SSSR count). The van der Waals surface area contributed by atoms with E-state index in [0.717, 1.165) is 11.3 Å². The summed E-state index contributed by atoms with van der Waals surface area (Å²) >= 11 is 0. The zero-order valence-corrected chi connectivity index (χ0v) is 14.4. The lowest BCUT2D eigenvalue weighted by atomic mass is 9.74. The van der Waals surface area contributed by atoms with Gasteiger partial charge in [-0.05, 0) is 30.5 Å². The fourth-order valence-electron chi connectivity index (χ4n) is 4.01. The maximum Gasteiger partial charge on any atom is 0.188 e. The number of hydrogen-bond donors (Lipinski definition) is 0. The van der Waals surface area contributed by atoms with Crippen LogP contribution in [0.3, 0.4) is 0 Å². The Morgan fingerprint density at radius 3 is 2.50 bits per heavy atom. The van der Waals surface area contributed by atoms with Gasteiger partial charge in [-0.25, -0.2) is 8.42 Å². The average Bonchev–Trinajstić information content (AvgIpc) is 2.61. The molecule has 2 aromatic carbocycles. The molecule has 1 unspecified atom stereocenters. The molecule has 1 aliphatic carbocycles. The van der Waals surface area contributed by atoms with Gasteiger partial charge in [-0.1, -0.05) is 55.5 Å². The number of sulfone groups is 1. The van der Waals surface area contributed by atoms with Gasteiger partial charge in [0.05, 0.1) is 4.90 Å². The first kappa shape index (κ1) is 15.5. The van der Waals surface area contributed by atoms with Crippen molar-refractivity contribution in [3.05, 3.63) is 72.3 Å². The van der Waals surface area contributed by atoms with Crippen molar-refractivity contribution in [3.8, 4) is 5.75 Å². The highest BCUT2D eigenvalue weighted by molar-refractivity contribution is 7.93. The third-order valence-corrected chi connectivity index (χ3v) is 7.68. The minimum Gasteiger partial charge on any atom is -0.492 e.